The van der Waals surface area contributed by atoms with Crippen LogP contribution in [0.4, 0.5) is 5.69 Å². The number of aryl methyl sites for hydroxylation is 1. The number of hydrogen-bond donors (Lipinski definition) is 1. The molecule has 12 nitrogen and oxygen atoms in total. The molecule has 2 bridgehead atoms. The Morgan fingerprint density at radius 1 is 1.02 bits per heavy atom. The van der Waals surface area contributed by atoms with Crippen molar-refractivity contribution in [3.05, 3.63) is 83.9 Å². The Kier molecular flexibility index (Phi) is 6.46. The quantitative estimate of drug-likeness (QED) is 0.330. The van der Waals surface area contributed by atoms with E-state index in [1.807, 2.05) is 23.1 Å². The van der Waals surface area contributed by atoms with Gasteiger partial charge in [0, 0.05) is 49.5 Å². The molecule has 0 aliphatic carbocycles. The third-order valence-corrected chi connectivity index (χ3v) is 7.94. The number of piperazine rings is 1. The normalized spacial score (nSPS) is 19.2. The summed E-state index contributed by atoms with van der Waals surface area (Å²) in [5.74, 6) is 0.766. The monoisotopic (exact) mass is 563 g/mol. The molecule has 42 heavy (non-hydrogen) atoms. The number of likely N-dealkylation sites (tertiary alicyclic amines) is 1. The number of pyridine rings is 1. The first kappa shape index (κ1) is 26.0. The molecular weight excluding hydrogens is 534 g/mol. The number of aromatic nitrogens is 6. The molecule has 2 aromatic carbocycles. The molecule has 2 aliphatic heterocycles. The van der Waals surface area contributed by atoms with Crippen LogP contribution in [0.3, 0.4) is 0 Å². The molecule has 212 valence electrons. The number of benzene rings is 2. The summed E-state index contributed by atoms with van der Waals surface area (Å²) in [6.45, 7) is 2.62. The zero-order valence-electron chi connectivity index (χ0n) is 23.2. The van der Waals surface area contributed by atoms with E-state index in [1.165, 1.54) is 11.7 Å². The minimum Gasteiger partial charge on any atom is -0.436 e. The summed E-state index contributed by atoms with van der Waals surface area (Å²) >= 11 is 0. The van der Waals surface area contributed by atoms with E-state index in [0.29, 0.717) is 52.8 Å². The number of carbonyl (C=O) groups is 2. The van der Waals surface area contributed by atoms with Crippen molar-refractivity contribution in [1.29, 1.82) is 0 Å². The summed E-state index contributed by atoms with van der Waals surface area (Å²) < 4.78 is 5.96. The van der Waals surface area contributed by atoms with Gasteiger partial charge in [0.2, 0.25) is 11.8 Å². The van der Waals surface area contributed by atoms with Gasteiger partial charge in [-0.3, -0.25) is 19.5 Å². The maximum atomic E-state index is 13.8. The van der Waals surface area contributed by atoms with Crippen molar-refractivity contribution in [3.8, 4) is 11.5 Å². The van der Waals surface area contributed by atoms with Crippen LogP contribution in [0.15, 0.2) is 71.3 Å². The topological polar surface area (TPSA) is 135 Å². The number of carbonyl (C=O) groups excluding carboxylic acids is 2. The highest BCUT2D eigenvalue weighted by Gasteiger charge is 2.46. The van der Waals surface area contributed by atoms with E-state index in [9.17, 15) is 9.59 Å². The maximum absolute atomic E-state index is 13.8. The van der Waals surface area contributed by atoms with Crippen molar-refractivity contribution in [2.75, 3.05) is 18.4 Å². The molecule has 2 fully saturated rings. The lowest BCUT2D eigenvalue weighted by Gasteiger charge is -2.44. The van der Waals surface area contributed by atoms with Crippen molar-refractivity contribution in [2.24, 2.45) is 7.05 Å². The number of nitrogens with one attached hydrogen (secondary N) is 1. The number of fused-ring (bicyclic) bond motifs is 3. The van der Waals surface area contributed by atoms with E-state index in [-0.39, 0.29) is 29.9 Å². The summed E-state index contributed by atoms with van der Waals surface area (Å²) in [5, 5.41) is 15.8. The largest absolute Gasteiger partial charge is 0.436 e. The average Bonchev–Trinajstić information content (AvgIpc) is 3.68. The number of hydrogen-bond acceptors (Lipinski definition) is 9. The van der Waals surface area contributed by atoms with E-state index < -0.39 is 0 Å². The lowest BCUT2D eigenvalue weighted by molar-refractivity contribution is -0.114. The lowest BCUT2D eigenvalue weighted by atomic mass is 10.0. The Balaban J connectivity index is 1.13. The average molecular weight is 564 g/mol. The zero-order chi connectivity index (χ0) is 28.8. The predicted octanol–water partition coefficient (Wildman–Crippen LogP) is 3.45. The molecule has 3 aromatic heterocycles. The molecule has 5 aromatic rings. The molecule has 3 unspecified atom stereocenters. The fraction of sp³-hybridized carbons (Fsp3) is 0.300. The summed E-state index contributed by atoms with van der Waals surface area (Å²) in [7, 11) is 1.77. The predicted molar refractivity (Wildman–Crippen MR) is 153 cm³/mol. The first-order valence-electron chi connectivity index (χ1n) is 13.9. The molecule has 2 amide bonds. The first-order chi connectivity index (χ1) is 20.4. The zero-order valence-corrected chi connectivity index (χ0v) is 23.2. The standard InChI is InChI=1S/C30H29N9O3/c1-18(40)32-21-8-11-26-24(15-21)33-29(42-26)20-12-13-31-25(14-20)30(41)38-16-22-9-10-23(17-38)39(22)27(19-6-4-3-5-7-19)28-34-36-37(2)35-28/h3-8,11-15,22-23,27H,9-10,16-17H2,1-2H3,(H,32,40). The minimum absolute atomic E-state index is 0.119. The highest BCUT2D eigenvalue weighted by atomic mass is 16.3. The third kappa shape index (κ3) is 4.79. The smallest absolute Gasteiger partial charge is 0.272 e. The lowest BCUT2D eigenvalue weighted by Crippen LogP contribution is -2.56. The van der Waals surface area contributed by atoms with Crippen molar-refractivity contribution >= 4 is 28.6 Å². The second-order valence-electron chi connectivity index (χ2n) is 10.8. The molecule has 2 aliphatic rings. The van der Waals surface area contributed by atoms with Gasteiger partial charge >= 0.3 is 0 Å². The van der Waals surface area contributed by atoms with E-state index in [0.717, 1.165) is 18.4 Å². The molecule has 7 rings (SSSR count). The van der Waals surface area contributed by atoms with Crippen molar-refractivity contribution in [2.45, 2.75) is 37.9 Å². The van der Waals surface area contributed by atoms with Crippen LogP contribution in [0.5, 0.6) is 0 Å². The van der Waals surface area contributed by atoms with E-state index >= 15 is 0 Å². The van der Waals surface area contributed by atoms with Crippen molar-refractivity contribution in [1.82, 2.24) is 40.0 Å². The van der Waals surface area contributed by atoms with Gasteiger partial charge in [0.25, 0.3) is 5.91 Å². The number of oxazole rings is 1. The SMILES string of the molecule is CC(=O)Nc1ccc2oc(-c3ccnc(C(=O)N4CC5CCC(C4)N5C(c4ccccc4)c4nnn(C)n4)c3)nc2c1. The number of amides is 2. The van der Waals surface area contributed by atoms with Gasteiger partial charge in [-0.15, -0.1) is 10.2 Å². The van der Waals surface area contributed by atoms with E-state index in [4.69, 9.17) is 4.42 Å². The van der Waals surface area contributed by atoms with Crippen LogP contribution in [-0.4, -0.2) is 77.0 Å². The number of nitrogens with zero attached hydrogens (tertiary/aromatic N) is 8. The Morgan fingerprint density at radius 3 is 2.52 bits per heavy atom. The summed E-state index contributed by atoms with van der Waals surface area (Å²) in [6, 6.07) is 19.2. The van der Waals surface area contributed by atoms with Crippen LogP contribution in [-0.2, 0) is 11.8 Å². The van der Waals surface area contributed by atoms with Crippen LogP contribution < -0.4 is 5.32 Å². The Morgan fingerprint density at radius 2 is 1.81 bits per heavy atom. The van der Waals surface area contributed by atoms with E-state index in [2.05, 4.69) is 47.7 Å². The Bertz CT molecular complexity index is 1770. The summed E-state index contributed by atoms with van der Waals surface area (Å²) in [4.78, 5) is 40.0. The van der Waals surface area contributed by atoms with Gasteiger partial charge in [0.15, 0.2) is 11.4 Å². The molecule has 5 heterocycles. The molecule has 0 saturated carbocycles. The molecular formula is C30H29N9O3. The molecule has 3 atom stereocenters. The second-order valence-corrected chi connectivity index (χ2v) is 10.8. The van der Waals surface area contributed by atoms with Crippen molar-refractivity contribution < 1.29 is 14.0 Å². The summed E-state index contributed by atoms with van der Waals surface area (Å²) in [6.07, 6.45) is 3.57. The fourth-order valence-corrected chi connectivity index (χ4v) is 6.20. The number of anilines is 1. The van der Waals surface area contributed by atoms with Gasteiger partial charge < -0.3 is 14.6 Å². The Labute approximate surface area is 241 Å². The van der Waals surface area contributed by atoms with Gasteiger partial charge in [0.05, 0.1) is 7.05 Å². The highest BCUT2D eigenvalue weighted by Crippen LogP contribution is 2.40. The van der Waals surface area contributed by atoms with Gasteiger partial charge in [0.1, 0.15) is 17.3 Å². The Hall–Kier alpha value is -4.97. The van der Waals surface area contributed by atoms with Crippen LogP contribution in [0.1, 0.15) is 47.7 Å². The number of tetrazole rings is 1. The third-order valence-electron chi connectivity index (χ3n) is 7.94. The van der Waals surface area contributed by atoms with Crippen LogP contribution in [0.25, 0.3) is 22.6 Å². The molecule has 0 radical (unpaired) electrons. The van der Waals surface area contributed by atoms with Gasteiger partial charge in [-0.2, -0.15) is 4.80 Å². The van der Waals surface area contributed by atoms with Gasteiger partial charge in [-0.05, 0) is 54.0 Å². The van der Waals surface area contributed by atoms with E-state index in [1.54, 1.807) is 43.6 Å². The van der Waals surface area contributed by atoms with Crippen LogP contribution in [0.2, 0.25) is 0 Å². The van der Waals surface area contributed by atoms with Gasteiger partial charge in [-0.25, -0.2) is 4.98 Å². The highest BCUT2D eigenvalue weighted by molar-refractivity contribution is 5.94. The van der Waals surface area contributed by atoms with Gasteiger partial charge in [-0.1, -0.05) is 30.3 Å². The molecule has 12 heteroatoms. The maximum Gasteiger partial charge on any atom is 0.272 e. The first-order valence-corrected chi connectivity index (χ1v) is 13.9. The van der Waals surface area contributed by atoms with Crippen LogP contribution >= 0.6 is 0 Å². The second kappa shape index (κ2) is 10.5. The minimum atomic E-state index is -0.161. The van der Waals surface area contributed by atoms with Crippen LogP contribution in [0, 0.1) is 0 Å². The molecule has 2 saturated heterocycles. The van der Waals surface area contributed by atoms with Crippen molar-refractivity contribution in [3.63, 3.8) is 0 Å². The summed E-state index contributed by atoms with van der Waals surface area (Å²) in [5.41, 5.74) is 3.95. The number of rotatable bonds is 6. The molecule has 1 N–H and O–H groups in total. The fourth-order valence-electron chi connectivity index (χ4n) is 6.20. The molecule has 0 spiro atoms.